The van der Waals surface area contributed by atoms with E-state index in [1.165, 1.54) is 17.7 Å². The zero-order valence-electron chi connectivity index (χ0n) is 20.5. The molecule has 3 N–H and O–H groups in total. The predicted molar refractivity (Wildman–Crippen MR) is 143 cm³/mol. The average Bonchev–Trinajstić information content (AvgIpc) is 3.36. The van der Waals surface area contributed by atoms with Crippen molar-refractivity contribution in [3.8, 4) is 16.2 Å². The molecule has 4 rings (SSSR count). The Hall–Kier alpha value is -3.76. The molecule has 2 amide bonds. The fourth-order valence-corrected chi connectivity index (χ4v) is 4.41. The number of amides is 2. The Kier molecular flexibility index (Phi) is 7.97. The smallest absolute Gasteiger partial charge is 0.268 e. The average molecular weight is 508 g/mol. The Bertz CT molecular complexity index is 1260. The summed E-state index contributed by atoms with van der Waals surface area (Å²) in [5.74, 6) is 0.0575. The standard InChI is InChI=1S/C26H29N5O4S/c1-4-34-13-5-10-28-19-15-21-20(31-25(33)26(2,3)35-21)14-18(19)29-16-30-24(32)23-7-6-22(36-23)17-8-11-27-12-9-17/h6-9,11-12,14-16,28H,4-5,10,13H2,1-3H3,(H,31,33)(H,29,30,32). The van der Waals surface area contributed by atoms with Gasteiger partial charge in [0.15, 0.2) is 5.60 Å². The summed E-state index contributed by atoms with van der Waals surface area (Å²) in [6, 6.07) is 11.0. The molecule has 0 atom stereocenters. The van der Waals surface area contributed by atoms with Crippen LogP contribution in [0, 0.1) is 0 Å². The van der Waals surface area contributed by atoms with Crippen LogP contribution >= 0.6 is 11.3 Å². The van der Waals surface area contributed by atoms with Crippen LogP contribution in [0.4, 0.5) is 17.1 Å². The third-order valence-electron chi connectivity index (χ3n) is 5.44. The van der Waals surface area contributed by atoms with E-state index in [4.69, 9.17) is 9.47 Å². The molecule has 0 radical (unpaired) electrons. The molecule has 3 aromatic rings. The molecule has 36 heavy (non-hydrogen) atoms. The van der Waals surface area contributed by atoms with E-state index >= 15 is 0 Å². The molecule has 0 aliphatic carbocycles. The Balaban J connectivity index is 1.49. The van der Waals surface area contributed by atoms with Crippen LogP contribution in [-0.4, -0.2) is 48.5 Å². The molecule has 2 aromatic heterocycles. The van der Waals surface area contributed by atoms with E-state index in [-0.39, 0.29) is 11.8 Å². The number of thiophene rings is 1. The number of ether oxygens (including phenoxy) is 2. The van der Waals surface area contributed by atoms with E-state index < -0.39 is 5.60 Å². The minimum Gasteiger partial charge on any atom is -0.476 e. The number of nitrogens with zero attached hydrogens (tertiary/aromatic N) is 2. The highest BCUT2D eigenvalue weighted by atomic mass is 32.1. The van der Waals surface area contributed by atoms with Gasteiger partial charge in [0.1, 0.15) is 5.75 Å². The predicted octanol–water partition coefficient (Wildman–Crippen LogP) is 4.85. The zero-order chi connectivity index (χ0) is 25.5. The van der Waals surface area contributed by atoms with Gasteiger partial charge < -0.3 is 25.4 Å². The van der Waals surface area contributed by atoms with E-state index in [1.54, 1.807) is 38.4 Å². The molecule has 1 aromatic carbocycles. The number of benzene rings is 1. The van der Waals surface area contributed by atoms with Crippen LogP contribution in [0.15, 0.2) is 53.8 Å². The highest BCUT2D eigenvalue weighted by molar-refractivity contribution is 7.17. The lowest BCUT2D eigenvalue weighted by atomic mass is 10.1. The van der Waals surface area contributed by atoms with E-state index in [9.17, 15) is 9.59 Å². The molecule has 3 heterocycles. The topological polar surface area (TPSA) is 114 Å². The number of carbonyl (C=O) groups excluding carboxylic acids is 2. The second-order valence-corrected chi connectivity index (χ2v) is 9.62. The lowest BCUT2D eigenvalue weighted by molar-refractivity contribution is -0.129. The Labute approximate surface area is 214 Å². The van der Waals surface area contributed by atoms with E-state index in [0.717, 1.165) is 22.5 Å². The molecule has 1 aliphatic heterocycles. The van der Waals surface area contributed by atoms with Crippen molar-refractivity contribution in [2.45, 2.75) is 32.8 Å². The third-order valence-corrected chi connectivity index (χ3v) is 6.57. The van der Waals surface area contributed by atoms with E-state index in [0.29, 0.717) is 41.8 Å². The molecule has 9 nitrogen and oxygen atoms in total. The summed E-state index contributed by atoms with van der Waals surface area (Å²) in [6.07, 6.45) is 5.61. The molecular weight excluding hydrogens is 478 g/mol. The maximum Gasteiger partial charge on any atom is 0.268 e. The Morgan fingerprint density at radius 2 is 2.06 bits per heavy atom. The molecular formula is C26H29N5O4S. The van der Waals surface area contributed by atoms with Crippen LogP contribution in [0.25, 0.3) is 10.4 Å². The first kappa shape index (κ1) is 25.3. The fraction of sp³-hybridized carbons (Fsp3) is 0.308. The van der Waals surface area contributed by atoms with Crippen molar-refractivity contribution in [3.63, 3.8) is 0 Å². The molecule has 0 bridgehead atoms. The van der Waals surface area contributed by atoms with Gasteiger partial charge in [0.25, 0.3) is 11.8 Å². The summed E-state index contributed by atoms with van der Waals surface area (Å²) in [5.41, 5.74) is 1.83. The van der Waals surface area contributed by atoms with Crippen molar-refractivity contribution in [3.05, 3.63) is 53.7 Å². The second-order valence-electron chi connectivity index (χ2n) is 8.54. The lowest BCUT2D eigenvalue weighted by Crippen LogP contribution is -2.45. The highest BCUT2D eigenvalue weighted by Crippen LogP contribution is 2.41. The minimum atomic E-state index is -0.978. The first-order valence-corrected chi connectivity index (χ1v) is 12.5. The Morgan fingerprint density at radius 1 is 1.25 bits per heavy atom. The zero-order valence-corrected chi connectivity index (χ0v) is 21.3. The number of aliphatic imine (C=N–C) groups is 1. The monoisotopic (exact) mass is 507 g/mol. The van der Waals surface area contributed by atoms with E-state index in [2.05, 4.69) is 25.9 Å². The van der Waals surface area contributed by atoms with Crippen LogP contribution in [0.5, 0.6) is 5.75 Å². The normalized spacial score (nSPS) is 14.1. The van der Waals surface area contributed by atoms with Crippen molar-refractivity contribution in [1.29, 1.82) is 0 Å². The number of nitrogens with one attached hydrogen (secondary N) is 3. The van der Waals surface area contributed by atoms with Crippen molar-refractivity contribution in [2.75, 3.05) is 30.4 Å². The minimum absolute atomic E-state index is 0.238. The Morgan fingerprint density at radius 3 is 2.83 bits per heavy atom. The maximum absolute atomic E-state index is 12.7. The van der Waals surface area contributed by atoms with Crippen molar-refractivity contribution in [2.24, 2.45) is 4.99 Å². The van der Waals surface area contributed by atoms with Gasteiger partial charge in [-0.1, -0.05) is 0 Å². The largest absolute Gasteiger partial charge is 0.476 e. The molecule has 0 saturated heterocycles. The summed E-state index contributed by atoms with van der Waals surface area (Å²) in [7, 11) is 0. The second kappa shape index (κ2) is 11.3. The molecule has 0 spiro atoms. The van der Waals surface area contributed by atoms with Gasteiger partial charge in [0.2, 0.25) is 0 Å². The molecule has 10 heteroatoms. The SMILES string of the molecule is CCOCCCNc1cc2c(cc1N=CNC(=O)c1ccc(-c3ccncc3)s1)NC(=O)C(C)(C)O2. The molecule has 0 saturated carbocycles. The molecule has 1 aliphatic rings. The van der Waals surface area contributed by atoms with Crippen LogP contribution in [0.3, 0.4) is 0 Å². The number of fused-ring (bicyclic) bond motifs is 1. The first-order valence-electron chi connectivity index (χ1n) is 11.7. The maximum atomic E-state index is 12.7. The van der Waals surface area contributed by atoms with Gasteiger partial charge in [-0.2, -0.15) is 0 Å². The van der Waals surface area contributed by atoms with Crippen LogP contribution in [0.1, 0.15) is 36.9 Å². The van der Waals surface area contributed by atoms with Crippen LogP contribution in [0.2, 0.25) is 0 Å². The van der Waals surface area contributed by atoms with Gasteiger partial charge in [0.05, 0.1) is 28.3 Å². The van der Waals surface area contributed by atoms with Gasteiger partial charge >= 0.3 is 0 Å². The number of hydrogen-bond donors (Lipinski definition) is 3. The molecule has 0 unspecified atom stereocenters. The van der Waals surface area contributed by atoms with Gasteiger partial charge in [-0.3, -0.25) is 14.6 Å². The van der Waals surface area contributed by atoms with Gasteiger partial charge in [-0.05, 0) is 63.1 Å². The summed E-state index contributed by atoms with van der Waals surface area (Å²) in [6.45, 7) is 7.37. The quantitative estimate of drug-likeness (QED) is 0.205. The number of rotatable bonds is 10. The number of aromatic nitrogens is 1. The van der Waals surface area contributed by atoms with Crippen LogP contribution in [-0.2, 0) is 9.53 Å². The van der Waals surface area contributed by atoms with Crippen molar-refractivity contribution >= 4 is 46.6 Å². The fourth-order valence-electron chi connectivity index (χ4n) is 3.50. The number of anilines is 2. The van der Waals surface area contributed by atoms with Crippen molar-refractivity contribution in [1.82, 2.24) is 10.3 Å². The molecule has 0 fully saturated rings. The number of pyridine rings is 1. The van der Waals surface area contributed by atoms with Crippen molar-refractivity contribution < 1.29 is 19.1 Å². The summed E-state index contributed by atoms with van der Waals surface area (Å²) >= 11 is 1.39. The summed E-state index contributed by atoms with van der Waals surface area (Å²) < 4.78 is 11.3. The third kappa shape index (κ3) is 6.07. The van der Waals surface area contributed by atoms with Gasteiger partial charge in [-0.25, -0.2) is 4.99 Å². The summed E-state index contributed by atoms with van der Waals surface area (Å²) in [5, 5.41) is 8.95. The molecule has 188 valence electrons. The first-order chi connectivity index (χ1) is 17.4. The number of hydrogen-bond acceptors (Lipinski definition) is 8. The van der Waals surface area contributed by atoms with Gasteiger partial charge in [0, 0.05) is 43.1 Å². The lowest BCUT2D eigenvalue weighted by Gasteiger charge is -2.32. The van der Waals surface area contributed by atoms with Gasteiger partial charge in [-0.15, -0.1) is 11.3 Å². The van der Waals surface area contributed by atoms with E-state index in [1.807, 2.05) is 31.2 Å². The van der Waals surface area contributed by atoms with Crippen LogP contribution < -0.4 is 20.7 Å². The number of carbonyl (C=O) groups is 2. The highest BCUT2D eigenvalue weighted by Gasteiger charge is 2.35. The summed E-state index contributed by atoms with van der Waals surface area (Å²) in [4.78, 5) is 35.1.